The lowest BCUT2D eigenvalue weighted by Gasteiger charge is -2.33. The van der Waals surface area contributed by atoms with Crippen molar-refractivity contribution in [1.29, 1.82) is 0 Å². The van der Waals surface area contributed by atoms with Crippen LogP contribution < -0.4 is 5.73 Å². The van der Waals surface area contributed by atoms with Crippen LogP contribution in [0.15, 0.2) is 17.5 Å². The number of oxime groups is 1. The first-order valence-corrected chi connectivity index (χ1v) is 7.32. The number of rotatable bonds is 4. The van der Waals surface area contributed by atoms with Crippen molar-refractivity contribution in [2.45, 2.75) is 45.1 Å². The molecule has 0 radical (unpaired) electrons. The topological polar surface area (TPSA) is 108 Å². The Morgan fingerprint density at radius 3 is 2.67 bits per heavy atom. The van der Waals surface area contributed by atoms with E-state index in [1.54, 1.807) is 24.3 Å². The summed E-state index contributed by atoms with van der Waals surface area (Å²) in [7, 11) is 1.72. The predicted molar refractivity (Wildman–Crippen MR) is 78.6 cm³/mol. The van der Waals surface area contributed by atoms with Crippen molar-refractivity contribution < 1.29 is 10.0 Å². The van der Waals surface area contributed by atoms with E-state index in [1.165, 1.54) is 0 Å². The van der Waals surface area contributed by atoms with E-state index in [1.807, 2.05) is 0 Å². The maximum Gasteiger partial charge on any atom is 0.236 e. The molecular weight excluding hydrogens is 270 g/mol. The quantitative estimate of drug-likeness (QED) is 0.257. The Labute approximate surface area is 124 Å². The number of aromatic nitrogens is 2. The van der Waals surface area contributed by atoms with Crippen molar-refractivity contribution in [2.24, 2.45) is 16.3 Å². The van der Waals surface area contributed by atoms with Gasteiger partial charge in [0.25, 0.3) is 0 Å². The lowest BCUT2D eigenvalue weighted by molar-refractivity contribution is -0.138. The summed E-state index contributed by atoms with van der Waals surface area (Å²) in [5.41, 5.74) is 5.01. The molecule has 1 aromatic rings. The SMILES string of the molecule is CN(Cc1ncc[nH]1)C(=O)C1(C(N)=NO)CCCCCC1. The number of nitrogens with one attached hydrogen (secondary N) is 1. The molecule has 1 fully saturated rings. The first-order valence-electron chi connectivity index (χ1n) is 7.32. The molecule has 1 aromatic heterocycles. The Morgan fingerprint density at radius 1 is 1.48 bits per heavy atom. The predicted octanol–water partition coefficient (Wildman–Crippen LogP) is 1.46. The summed E-state index contributed by atoms with van der Waals surface area (Å²) in [5, 5.41) is 12.3. The van der Waals surface area contributed by atoms with Crippen LogP contribution in [0.25, 0.3) is 0 Å². The van der Waals surface area contributed by atoms with Crippen LogP contribution in [0.2, 0.25) is 0 Å². The lowest BCUT2D eigenvalue weighted by Crippen LogP contribution is -2.50. The molecular formula is C14H23N5O2. The molecule has 1 aliphatic carbocycles. The fourth-order valence-electron chi connectivity index (χ4n) is 3.05. The first-order chi connectivity index (χ1) is 10.1. The van der Waals surface area contributed by atoms with Crippen LogP contribution in [-0.4, -0.2) is 38.9 Å². The van der Waals surface area contributed by atoms with Crippen molar-refractivity contribution in [3.05, 3.63) is 18.2 Å². The van der Waals surface area contributed by atoms with Gasteiger partial charge in [-0.3, -0.25) is 4.79 Å². The summed E-state index contributed by atoms with van der Waals surface area (Å²) in [5.74, 6) is 0.644. The minimum atomic E-state index is -0.882. The average Bonchev–Trinajstić information content (AvgIpc) is 2.87. The molecule has 0 spiro atoms. The van der Waals surface area contributed by atoms with Gasteiger partial charge in [0.05, 0.1) is 6.54 Å². The molecule has 21 heavy (non-hydrogen) atoms. The van der Waals surface area contributed by atoms with Gasteiger partial charge in [-0.15, -0.1) is 0 Å². The van der Waals surface area contributed by atoms with E-state index >= 15 is 0 Å². The van der Waals surface area contributed by atoms with E-state index < -0.39 is 5.41 Å². The fourth-order valence-corrected chi connectivity index (χ4v) is 3.05. The molecule has 1 saturated carbocycles. The molecule has 0 aliphatic heterocycles. The van der Waals surface area contributed by atoms with Gasteiger partial charge in [-0.25, -0.2) is 4.98 Å². The van der Waals surface area contributed by atoms with Crippen molar-refractivity contribution in [3.63, 3.8) is 0 Å². The second-order valence-corrected chi connectivity index (χ2v) is 5.68. The molecule has 1 aliphatic rings. The molecule has 1 amide bonds. The first kappa shape index (κ1) is 15.3. The molecule has 116 valence electrons. The monoisotopic (exact) mass is 293 g/mol. The molecule has 0 aromatic carbocycles. The zero-order chi connectivity index (χ0) is 15.3. The summed E-state index contributed by atoms with van der Waals surface area (Å²) in [4.78, 5) is 21.6. The van der Waals surface area contributed by atoms with Crippen LogP contribution in [0.5, 0.6) is 0 Å². The van der Waals surface area contributed by atoms with Gasteiger partial charge in [-0.2, -0.15) is 0 Å². The smallest absolute Gasteiger partial charge is 0.236 e. The minimum absolute atomic E-state index is 0.0284. The zero-order valence-electron chi connectivity index (χ0n) is 12.4. The number of hydrogen-bond acceptors (Lipinski definition) is 4. The molecule has 2 rings (SSSR count). The van der Waals surface area contributed by atoms with Crippen LogP contribution >= 0.6 is 0 Å². The van der Waals surface area contributed by atoms with E-state index in [9.17, 15) is 4.79 Å². The Balaban J connectivity index is 2.21. The molecule has 0 bridgehead atoms. The highest BCUT2D eigenvalue weighted by molar-refractivity contribution is 6.06. The third-order valence-electron chi connectivity index (χ3n) is 4.25. The number of H-pyrrole nitrogens is 1. The van der Waals surface area contributed by atoms with Gasteiger partial charge < -0.3 is 20.8 Å². The zero-order valence-corrected chi connectivity index (χ0v) is 12.4. The van der Waals surface area contributed by atoms with Crippen molar-refractivity contribution in [2.75, 3.05) is 7.05 Å². The molecule has 7 nitrogen and oxygen atoms in total. The number of aromatic amines is 1. The van der Waals surface area contributed by atoms with E-state index in [0.29, 0.717) is 25.2 Å². The number of carbonyl (C=O) groups is 1. The van der Waals surface area contributed by atoms with E-state index in [2.05, 4.69) is 15.1 Å². The Bertz CT molecular complexity index is 489. The van der Waals surface area contributed by atoms with Crippen molar-refractivity contribution in [3.8, 4) is 0 Å². The Hall–Kier alpha value is -2.05. The van der Waals surface area contributed by atoms with Crippen LogP contribution in [0.4, 0.5) is 0 Å². The normalized spacial score (nSPS) is 19.0. The van der Waals surface area contributed by atoms with Gasteiger partial charge in [0.1, 0.15) is 11.2 Å². The average molecular weight is 293 g/mol. The number of amidine groups is 1. The highest BCUT2D eigenvalue weighted by Gasteiger charge is 2.44. The summed E-state index contributed by atoms with van der Waals surface area (Å²) in [6, 6.07) is 0. The summed E-state index contributed by atoms with van der Waals surface area (Å²) >= 11 is 0. The van der Waals surface area contributed by atoms with E-state index in [-0.39, 0.29) is 11.7 Å². The fraction of sp³-hybridized carbons (Fsp3) is 0.643. The molecule has 4 N–H and O–H groups in total. The van der Waals surface area contributed by atoms with Gasteiger partial charge in [0.15, 0.2) is 5.84 Å². The molecule has 1 heterocycles. The number of nitrogens with two attached hydrogens (primary N) is 1. The Kier molecular flexibility index (Phi) is 4.82. The van der Waals surface area contributed by atoms with Crippen molar-refractivity contribution >= 4 is 11.7 Å². The third kappa shape index (κ3) is 3.17. The van der Waals surface area contributed by atoms with Crippen LogP contribution in [0.3, 0.4) is 0 Å². The Morgan fingerprint density at radius 2 is 2.14 bits per heavy atom. The maximum atomic E-state index is 12.9. The highest BCUT2D eigenvalue weighted by atomic mass is 16.4. The second kappa shape index (κ2) is 6.60. The number of imidazole rings is 1. The minimum Gasteiger partial charge on any atom is -0.409 e. The number of amides is 1. The number of carbonyl (C=O) groups excluding carboxylic acids is 1. The number of hydrogen-bond donors (Lipinski definition) is 3. The van der Waals surface area contributed by atoms with Gasteiger partial charge in [-0.05, 0) is 12.8 Å². The standard InChI is InChI=1S/C14H23N5O2/c1-19(10-11-16-8-9-17-11)13(20)14(12(15)18-21)6-4-2-3-5-7-14/h8-9,21H,2-7,10H2,1H3,(H2,15,18)(H,16,17). The molecule has 0 saturated heterocycles. The summed E-state index contributed by atoms with van der Waals surface area (Å²) < 4.78 is 0. The largest absolute Gasteiger partial charge is 0.409 e. The molecule has 0 unspecified atom stereocenters. The van der Waals surface area contributed by atoms with E-state index in [0.717, 1.165) is 25.7 Å². The maximum absolute atomic E-state index is 12.9. The van der Waals surface area contributed by atoms with Crippen LogP contribution in [-0.2, 0) is 11.3 Å². The molecule has 0 atom stereocenters. The van der Waals surface area contributed by atoms with Crippen LogP contribution in [0, 0.1) is 5.41 Å². The van der Waals surface area contributed by atoms with Gasteiger partial charge in [-0.1, -0.05) is 30.8 Å². The second-order valence-electron chi connectivity index (χ2n) is 5.68. The van der Waals surface area contributed by atoms with Gasteiger partial charge >= 0.3 is 0 Å². The van der Waals surface area contributed by atoms with Crippen LogP contribution in [0.1, 0.15) is 44.3 Å². The summed E-state index contributed by atoms with van der Waals surface area (Å²) in [6.07, 6.45) is 8.62. The molecule has 7 heteroatoms. The van der Waals surface area contributed by atoms with Crippen molar-refractivity contribution in [1.82, 2.24) is 14.9 Å². The highest BCUT2D eigenvalue weighted by Crippen LogP contribution is 2.37. The lowest BCUT2D eigenvalue weighted by atomic mass is 9.77. The van der Waals surface area contributed by atoms with Gasteiger partial charge in [0, 0.05) is 19.4 Å². The van der Waals surface area contributed by atoms with Gasteiger partial charge in [0.2, 0.25) is 5.91 Å². The number of nitrogens with zero attached hydrogens (tertiary/aromatic N) is 3. The summed E-state index contributed by atoms with van der Waals surface area (Å²) in [6.45, 7) is 0.381. The van der Waals surface area contributed by atoms with E-state index in [4.69, 9.17) is 10.9 Å². The third-order valence-corrected chi connectivity index (χ3v) is 4.25.